The van der Waals surface area contributed by atoms with E-state index in [1.54, 1.807) is 0 Å². The van der Waals surface area contributed by atoms with Crippen molar-refractivity contribution in [3.8, 4) is 0 Å². The Hall–Kier alpha value is 0.110. The van der Waals surface area contributed by atoms with Gasteiger partial charge in [-0.05, 0) is 62.2 Å². The van der Waals surface area contributed by atoms with Crippen LogP contribution in [-0.2, 0) is 10.8 Å². The average Bonchev–Trinajstić information content (AvgIpc) is 3.03. The van der Waals surface area contributed by atoms with Crippen molar-refractivity contribution >= 4 is 10.8 Å². The van der Waals surface area contributed by atoms with E-state index in [0.717, 1.165) is 54.1 Å². The van der Waals surface area contributed by atoms with Crippen molar-refractivity contribution in [1.29, 1.82) is 0 Å². The first kappa shape index (κ1) is 11.9. The summed E-state index contributed by atoms with van der Waals surface area (Å²) in [6.07, 6.45) is 9.80. The molecule has 0 aromatic heterocycles. The lowest BCUT2D eigenvalue weighted by molar-refractivity contribution is 0.195. The summed E-state index contributed by atoms with van der Waals surface area (Å²) in [6.45, 7) is 0. The maximum absolute atomic E-state index is 11.4. The second kappa shape index (κ2) is 4.59. The Morgan fingerprint density at radius 3 is 2.50 bits per heavy atom. The molecule has 5 unspecified atom stereocenters. The maximum atomic E-state index is 11.4. The van der Waals surface area contributed by atoms with Gasteiger partial charge in [0.15, 0.2) is 0 Å². The van der Waals surface area contributed by atoms with Gasteiger partial charge in [0.2, 0.25) is 0 Å². The van der Waals surface area contributed by atoms with Gasteiger partial charge < -0.3 is 5.32 Å². The molecule has 5 atom stereocenters. The van der Waals surface area contributed by atoms with E-state index in [0.29, 0.717) is 6.04 Å². The van der Waals surface area contributed by atoms with E-state index >= 15 is 0 Å². The number of hydrogen-bond donors (Lipinski definition) is 1. The fourth-order valence-corrected chi connectivity index (χ4v) is 6.82. The van der Waals surface area contributed by atoms with Gasteiger partial charge >= 0.3 is 0 Å². The summed E-state index contributed by atoms with van der Waals surface area (Å²) in [5.41, 5.74) is 0. The van der Waals surface area contributed by atoms with Gasteiger partial charge in [-0.25, -0.2) is 0 Å². The maximum Gasteiger partial charge on any atom is 0.0249 e. The van der Waals surface area contributed by atoms with Crippen molar-refractivity contribution in [3.63, 3.8) is 0 Å². The molecule has 4 rings (SSSR count). The largest absolute Gasteiger partial charge is 0.311 e. The monoisotopic (exact) mass is 267 g/mol. The van der Waals surface area contributed by atoms with E-state index in [9.17, 15) is 4.21 Å². The lowest BCUT2D eigenvalue weighted by Crippen LogP contribution is -2.46. The minimum atomic E-state index is -0.510. The van der Waals surface area contributed by atoms with Crippen LogP contribution in [0.4, 0.5) is 0 Å². The van der Waals surface area contributed by atoms with E-state index < -0.39 is 10.8 Å². The zero-order chi connectivity index (χ0) is 12.1. The lowest BCUT2D eigenvalue weighted by Gasteiger charge is -2.35. The van der Waals surface area contributed by atoms with Crippen LogP contribution in [0.1, 0.15) is 44.9 Å². The van der Waals surface area contributed by atoms with Crippen LogP contribution in [0.5, 0.6) is 0 Å². The Balaban J connectivity index is 1.38. The molecular formula is C15H25NOS. The first-order chi connectivity index (χ1) is 8.81. The molecule has 4 aliphatic rings. The van der Waals surface area contributed by atoms with Crippen molar-refractivity contribution in [2.75, 3.05) is 11.5 Å². The first-order valence-electron chi connectivity index (χ1n) is 7.92. The summed E-state index contributed by atoms with van der Waals surface area (Å²) >= 11 is 0. The standard InChI is InChI=1S/C15H25NOS/c17-18-6-4-11(5-7-18)16-15-9-10-8-14(15)13-3-1-2-12(10)13/h10-16H,1-9H2. The van der Waals surface area contributed by atoms with Gasteiger partial charge in [0, 0.05) is 34.4 Å². The predicted octanol–water partition coefficient (Wildman–Crippen LogP) is 2.31. The van der Waals surface area contributed by atoms with E-state index in [2.05, 4.69) is 5.32 Å². The summed E-state index contributed by atoms with van der Waals surface area (Å²) < 4.78 is 11.4. The average molecular weight is 267 g/mol. The van der Waals surface area contributed by atoms with E-state index in [-0.39, 0.29) is 0 Å². The van der Waals surface area contributed by atoms with Crippen LogP contribution in [0, 0.1) is 23.7 Å². The molecule has 0 aromatic rings. The Bertz CT molecular complexity index is 348. The molecule has 0 amide bonds. The zero-order valence-electron chi connectivity index (χ0n) is 11.1. The van der Waals surface area contributed by atoms with Crippen molar-refractivity contribution in [2.45, 2.75) is 57.0 Å². The molecule has 1 heterocycles. The van der Waals surface area contributed by atoms with Gasteiger partial charge in [-0.15, -0.1) is 0 Å². The van der Waals surface area contributed by atoms with Crippen LogP contribution in [0.15, 0.2) is 0 Å². The Kier molecular flexibility index (Phi) is 3.03. The first-order valence-corrected chi connectivity index (χ1v) is 9.41. The van der Waals surface area contributed by atoms with Gasteiger partial charge in [0.25, 0.3) is 0 Å². The minimum Gasteiger partial charge on any atom is -0.311 e. The van der Waals surface area contributed by atoms with Gasteiger partial charge in [0.1, 0.15) is 0 Å². The molecule has 3 saturated carbocycles. The van der Waals surface area contributed by atoms with E-state index in [1.165, 1.54) is 32.1 Å². The lowest BCUT2D eigenvalue weighted by atomic mass is 9.79. The second-order valence-electron chi connectivity index (χ2n) is 7.05. The molecule has 2 bridgehead atoms. The third-order valence-corrected chi connectivity index (χ3v) is 7.65. The molecule has 0 aromatic carbocycles. The third kappa shape index (κ3) is 1.89. The summed E-state index contributed by atoms with van der Waals surface area (Å²) in [4.78, 5) is 0. The Morgan fingerprint density at radius 2 is 1.67 bits per heavy atom. The molecular weight excluding hydrogens is 242 g/mol. The topological polar surface area (TPSA) is 29.1 Å². The number of hydrogen-bond acceptors (Lipinski definition) is 2. The smallest absolute Gasteiger partial charge is 0.0249 e. The van der Waals surface area contributed by atoms with Crippen molar-refractivity contribution in [3.05, 3.63) is 0 Å². The van der Waals surface area contributed by atoms with Crippen molar-refractivity contribution in [1.82, 2.24) is 5.32 Å². The summed E-state index contributed by atoms with van der Waals surface area (Å²) in [7, 11) is -0.510. The van der Waals surface area contributed by atoms with Crippen LogP contribution in [-0.4, -0.2) is 27.8 Å². The molecule has 1 aliphatic heterocycles. The summed E-state index contributed by atoms with van der Waals surface area (Å²) in [6, 6.07) is 1.48. The number of nitrogens with one attached hydrogen (secondary N) is 1. The normalized spacial score (nSPS) is 54.8. The van der Waals surface area contributed by atoms with Gasteiger partial charge in [-0.1, -0.05) is 6.42 Å². The van der Waals surface area contributed by atoms with Gasteiger partial charge in [-0.2, -0.15) is 0 Å². The molecule has 18 heavy (non-hydrogen) atoms. The highest BCUT2D eigenvalue weighted by Gasteiger charge is 2.53. The summed E-state index contributed by atoms with van der Waals surface area (Å²) in [5, 5.41) is 3.95. The Labute approximate surface area is 113 Å². The molecule has 0 radical (unpaired) electrons. The highest BCUT2D eigenvalue weighted by Crippen LogP contribution is 2.58. The number of fused-ring (bicyclic) bond motifs is 5. The van der Waals surface area contributed by atoms with Crippen LogP contribution < -0.4 is 5.32 Å². The molecule has 0 spiro atoms. The molecule has 3 heteroatoms. The van der Waals surface area contributed by atoms with Crippen molar-refractivity contribution in [2.24, 2.45) is 23.7 Å². The molecule has 3 aliphatic carbocycles. The molecule has 1 N–H and O–H groups in total. The fraction of sp³-hybridized carbons (Fsp3) is 1.00. The molecule has 2 nitrogen and oxygen atoms in total. The van der Waals surface area contributed by atoms with E-state index in [1.807, 2.05) is 0 Å². The van der Waals surface area contributed by atoms with Crippen LogP contribution in [0.2, 0.25) is 0 Å². The SMILES string of the molecule is O=S1CCC(NC2CC3CC2C2CCCC32)CC1. The molecule has 4 fully saturated rings. The highest BCUT2D eigenvalue weighted by atomic mass is 32.2. The van der Waals surface area contributed by atoms with Gasteiger partial charge in [0.05, 0.1) is 0 Å². The molecule has 102 valence electrons. The predicted molar refractivity (Wildman–Crippen MR) is 74.9 cm³/mol. The highest BCUT2D eigenvalue weighted by molar-refractivity contribution is 7.85. The van der Waals surface area contributed by atoms with E-state index in [4.69, 9.17) is 0 Å². The quantitative estimate of drug-likeness (QED) is 0.832. The van der Waals surface area contributed by atoms with Crippen LogP contribution in [0.3, 0.4) is 0 Å². The van der Waals surface area contributed by atoms with Crippen LogP contribution in [0.25, 0.3) is 0 Å². The minimum absolute atomic E-state index is 0.510. The third-order valence-electron chi connectivity index (χ3n) is 6.27. The second-order valence-corrected chi connectivity index (χ2v) is 8.75. The molecule has 1 saturated heterocycles. The van der Waals surface area contributed by atoms with Crippen LogP contribution >= 0.6 is 0 Å². The summed E-state index contributed by atoms with van der Waals surface area (Å²) in [5.74, 6) is 6.09. The Morgan fingerprint density at radius 1 is 0.889 bits per heavy atom. The van der Waals surface area contributed by atoms with Gasteiger partial charge in [-0.3, -0.25) is 4.21 Å². The fourth-order valence-electron chi connectivity index (χ4n) is 5.52. The zero-order valence-corrected chi connectivity index (χ0v) is 12.0. The number of rotatable bonds is 2. The van der Waals surface area contributed by atoms with Crippen molar-refractivity contribution < 1.29 is 4.21 Å².